The summed E-state index contributed by atoms with van der Waals surface area (Å²) in [5.74, 6) is -2.23. The van der Waals surface area contributed by atoms with Crippen LogP contribution in [0.4, 0.5) is 13.2 Å². The van der Waals surface area contributed by atoms with Crippen LogP contribution in [0.1, 0.15) is 13.3 Å². The quantitative estimate of drug-likeness (QED) is 0.764. The Labute approximate surface area is 119 Å². The summed E-state index contributed by atoms with van der Waals surface area (Å²) >= 11 is 0. The molecule has 0 aromatic rings. The molecule has 118 valence electrons. The first-order valence-electron chi connectivity index (χ1n) is 6.62. The summed E-state index contributed by atoms with van der Waals surface area (Å²) in [6, 6.07) is -0.669. The van der Waals surface area contributed by atoms with Gasteiger partial charge < -0.3 is 15.1 Å². The Balaban J connectivity index is 2.01. The summed E-state index contributed by atoms with van der Waals surface area (Å²) in [7, 11) is 0. The molecule has 2 saturated heterocycles. The molecule has 3 amide bonds. The first-order valence-corrected chi connectivity index (χ1v) is 6.62. The van der Waals surface area contributed by atoms with Crippen LogP contribution >= 0.6 is 0 Å². The third-order valence-electron chi connectivity index (χ3n) is 3.72. The Morgan fingerprint density at radius 3 is 2.67 bits per heavy atom. The number of carbonyl (C=O) groups is 3. The standard InChI is InChI=1S/C12H16F3N3O3/c1-7-10(20)16-2-3-18(7)11(21)8-4-9(19)17(5-8)6-12(13,14)15/h7-8H,2-6H2,1H3,(H,16,20). The van der Waals surface area contributed by atoms with Crippen LogP contribution in [0.15, 0.2) is 0 Å². The molecule has 2 heterocycles. The SMILES string of the molecule is CC1C(=O)NCCN1C(=O)C1CC(=O)N(CC(F)(F)F)C1. The number of hydrogen-bond donors (Lipinski definition) is 1. The molecule has 2 fully saturated rings. The minimum atomic E-state index is -4.48. The minimum Gasteiger partial charge on any atom is -0.353 e. The largest absolute Gasteiger partial charge is 0.406 e. The number of rotatable bonds is 2. The zero-order valence-electron chi connectivity index (χ0n) is 11.4. The molecule has 2 rings (SSSR count). The smallest absolute Gasteiger partial charge is 0.353 e. The maximum Gasteiger partial charge on any atom is 0.406 e. The highest BCUT2D eigenvalue weighted by atomic mass is 19.4. The van der Waals surface area contributed by atoms with Gasteiger partial charge in [-0.05, 0) is 6.92 Å². The predicted molar refractivity (Wildman–Crippen MR) is 64.9 cm³/mol. The van der Waals surface area contributed by atoms with E-state index in [0.717, 1.165) is 0 Å². The van der Waals surface area contributed by atoms with Crippen molar-refractivity contribution >= 4 is 17.7 Å². The van der Waals surface area contributed by atoms with E-state index in [1.165, 1.54) is 4.90 Å². The van der Waals surface area contributed by atoms with Crippen LogP contribution in [-0.2, 0) is 14.4 Å². The average Bonchev–Trinajstić information content (AvgIpc) is 2.71. The third kappa shape index (κ3) is 3.45. The van der Waals surface area contributed by atoms with Gasteiger partial charge in [0, 0.05) is 26.1 Å². The average molecular weight is 307 g/mol. The molecule has 0 radical (unpaired) electrons. The van der Waals surface area contributed by atoms with E-state index in [2.05, 4.69) is 5.32 Å². The highest BCUT2D eigenvalue weighted by molar-refractivity contribution is 5.93. The van der Waals surface area contributed by atoms with E-state index in [4.69, 9.17) is 0 Å². The Morgan fingerprint density at radius 2 is 2.05 bits per heavy atom. The summed E-state index contributed by atoms with van der Waals surface area (Å²) < 4.78 is 37.0. The van der Waals surface area contributed by atoms with Crippen LogP contribution in [-0.4, -0.2) is 65.9 Å². The number of halogens is 3. The van der Waals surface area contributed by atoms with Crippen LogP contribution in [0.25, 0.3) is 0 Å². The first kappa shape index (κ1) is 15.6. The van der Waals surface area contributed by atoms with E-state index in [9.17, 15) is 27.6 Å². The zero-order chi connectivity index (χ0) is 15.8. The highest BCUT2D eigenvalue weighted by Gasteiger charge is 2.43. The molecule has 9 heteroatoms. The molecule has 0 aliphatic carbocycles. The van der Waals surface area contributed by atoms with Gasteiger partial charge in [-0.15, -0.1) is 0 Å². The molecular formula is C12H16F3N3O3. The lowest BCUT2D eigenvalue weighted by Crippen LogP contribution is -2.57. The molecule has 0 bridgehead atoms. The Bertz CT molecular complexity index is 466. The second kappa shape index (κ2) is 5.53. The monoisotopic (exact) mass is 307 g/mol. The van der Waals surface area contributed by atoms with E-state index >= 15 is 0 Å². The summed E-state index contributed by atoms with van der Waals surface area (Å²) in [6.45, 7) is 0.571. The van der Waals surface area contributed by atoms with Crippen molar-refractivity contribution in [2.75, 3.05) is 26.2 Å². The summed E-state index contributed by atoms with van der Waals surface area (Å²) in [5.41, 5.74) is 0. The molecule has 2 aliphatic heterocycles. The number of carbonyl (C=O) groups excluding carboxylic acids is 3. The number of nitrogens with one attached hydrogen (secondary N) is 1. The second-order valence-electron chi connectivity index (χ2n) is 5.29. The normalized spacial score (nSPS) is 27.0. The number of hydrogen-bond acceptors (Lipinski definition) is 3. The second-order valence-corrected chi connectivity index (χ2v) is 5.29. The van der Waals surface area contributed by atoms with E-state index in [1.54, 1.807) is 6.92 Å². The summed E-state index contributed by atoms with van der Waals surface area (Å²) in [4.78, 5) is 37.4. The molecular weight excluding hydrogens is 291 g/mol. The maximum atomic E-state index is 12.3. The predicted octanol–water partition coefficient (Wildman–Crippen LogP) is -0.256. The third-order valence-corrected chi connectivity index (χ3v) is 3.72. The van der Waals surface area contributed by atoms with Gasteiger partial charge in [-0.1, -0.05) is 0 Å². The maximum absolute atomic E-state index is 12.3. The topological polar surface area (TPSA) is 69.7 Å². The van der Waals surface area contributed by atoms with E-state index in [-0.39, 0.29) is 18.9 Å². The fourth-order valence-electron chi connectivity index (χ4n) is 2.62. The van der Waals surface area contributed by atoms with Crippen molar-refractivity contribution in [3.8, 4) is 0 Å². The van der Waals surface area contributed by atoms with Gasteiger partial charge in [-0.3, -0.25) is 14.4 Å². The molecule has 21 heavy (non-hydrogen) atoms. The van der Waals surface area contributed by atoms with Gasteiger partial charge in [0.25, 0.3) is 0 Å². The number of piperazine rings is 1. The van der Waals surface area contributed by atoms with Crippen molar-refractivity contribution in [2.45, 2.75) is 25.6 Å². The van der Waals surface area contributed by atoms with Gasteiger partial charge in [-0.25, -0.2) is 0 Å². The molecule has 0 aromatic carbocycles. The molecule has 2 unspecified atom stereocenters. The lowest BCUT2D eigenvalue weighted by molar-refractivity contribution is -0.157. The number of amides is 3. The fourth-order valence-corrected chi connectivity index (χ4v) is 2.62. The van der Waals surface area contributed by atoms with Gasteiger partial charge >= 0.3 is 6.18 Å². The molecule has 0 saturated carbocycles. The molecule has 1 N–H and O–H groups in total. The Kier molecular flexibility index (Phi) is 4.11. The Hall–Kier alpha value is -1.80. The van der Waals surface area contributed by atoms with Crippen molar-refractivity contribution in [3.63, 3.8) is 0 Å². The van der Waals surface area contributed by atoms with Gasteiger partial charge in [0.05, 0.1) is 5.92 Å². The summed E-state index contributed by atoms with van der Waals surface area (Å²) in [6.07, 6.45) is -4.72. The van der Waals surface area contributed by atoms with Crippen LogP contribution in [0.2, 0.25) is 0 Å². The lowest BCUT2D eigenvalue weighted by Gasteiger charge is -2.34. The molecule has 2 atom stereocenters. The van der Waals surface area contributed by atoms with Crippen molar-refractivity contribution in [1.29, 1.82) is 0 Å². The lowest BCUT2D eigenvalue weighted by atomic mass is 10.0. The molecule has 2 aliphatic rings. The van der Waals surface area contributed by atoms with Crippen LogP contribution < -0.4 is 5.32 Å². The Morgan fingerprint density at radius 1 is 1.38 bits per heavy atom. The van der Waals surface area contributed by atoms with E-state index in [1.807, 2.05) is 0 Å². The van der Waals surface area contributed by atoms with Gasteiger partial charge in [-0.2, -0.15) is 13.2 Å². The molecule has 0 aromatic heterocycles. The van der Waals surface area contributed by atoms with Gasteiger partial charge in [0.2, 0.25) is 17.7 Å². The zero-order valence-corrected chi connectivity index (χ0v) is 11.4. The molecule has 0 spiro atoms. The molecule has 6 nitrogen and oxygen atoms in total. The van der Waals surface area contributed by atoms with Crippen molar-refractivity contribution in [3.05, 3.63) is 0 Å². The highest BCUT2D eigenvalue weighted by Crippen LogP contribution is 2.25. The summed E-state index contributed by atoms with van der Waals surface area (Å²) in [5, 5.41) is 2.60. The fraction of sp³-hybridized carbons (Fsp3) is 0.750. The van der Waals surface area contributed by atoms with Crippen LogP contribution in [0, 0.1) is 5.92 Å². The van der Waals surface area contributed by atoms with Crippen molar-refractivity contribution in [1.82, 2.24) is 15.1 Å². The number of alkyl halides is 3. The number of likely N-dealkylation sites (tertiary alicyclic amines) is 1. The van der Waals surface area contributed by atoms with E-state index in [0.29, 0.717) is 18.0 Å². The van der Waals surface area contributed by atoms with Gasteiger partial charge in [0.1, 0.15) is 12.6 Å². The van der Waals surface area contributed by atoms with Crippen molar-refractivity contribution in [2.24, 2.45) is 5.92 Å². The number of nitrogens with zero attached hydrogens (tertiary/aromatic N) is 2. The minimum absolute atomic E-state index is 0.236. The van der Waals surface area contributed by atoms with E-state index < -0.39 is 36.5 Å². The van der Waals surface area contributed by atoms with Crippen molar-refractivity contribution < 1.29 is 27.6 Å². The van der Waals surface area contributed by atoms with Crippen LogP contribution in [0.5, 0.6) is 0 Å². The van der Waals surface area contributed by atoms with Gasteiger partial charge in [0.15, 0.2) is 0 Å². The van der Waals surface area contributed by atoms with Crippen LogP contribution in [0.3, 0.4) is 0 Å². The first-order chi connectivity index (χ1) is 9.69.